The van der Waals surface area contributed by atoms with E-state index in [1.54, 1.807) is 43.3 Å². The van der Waals surface area contributed by atoms with Gasteiger partial charge < -0.3 is 19.8 Å². The number of rotatable bonds is 6. The molecule has 0 aliphatic carbocycles. The Hall–Kier alpha value is -3.29. The van der Waals surface area contributed by atoms with E-state index in [0.29, 0.717) is 11.4 Å². The van der Waals surface area contributed by atoms with Crippen molar-refractivity contribution >= 4 is 52.4 Å². The lowest BCUT2D eigenvalue weighted by molar-refractivity contribution is -0.123. The molecule has 2 aromatic carbocycles. The number of furan rings is 1. The first-order valence-corrected chi connectivity index (χ1v) is 9.93. The Labute approximate surface area is 188 Å². The van der Waals surface area contributed by atoms with Crippen molar-refractivity contribution in [1.29, 1.82) is 0 Å². The smallest absolute Gasteiger partial charge is 0.338 e. The van der Waals surface area contributed by atoms with Crippen LogP contribution in [0, 0.1) is 6.92 Å². The number of carbonyl (C=O) groups is 3. The highest BCUT2D eigenvalue weighted by Gasteiger charge is 2.21. The van der Waals surface area contributed by atoms with Gasteiger partial charge in [-0.1, -0.05) is 35.3 Å². The van der Waals surface area contributed by atoms with Gasteiger partial charge >= 0.3 is 5.97 Å². The van der Waals surface area contributed by atoms with E-state index in [-0.39, 0.29) is 21.4 Å². The molecule has 1 aromatic heterocycles. The van der Waals surface area contributed by atoms with E-state index in [9.17, 15) is 14.4 Å². The number of hydrogen-bond donors (Lipinski definition) is 2. The number of aryl methyl sites for hydroxylation is 1. The first-order valence-electron chi connectivity index (χ1n) is 9.17. The molecule has 3 aromatic rings. The molecule has 3 rings (SSSR count). The predicted octanol–water partition coefficient (Wildman–Crippen LogP) is 5.33. The molecule has 1 heterocycles. The van der Waals surface area contributed by atoms with Crippen molar-refractivity contribution in [2.75, 3.05) is 10.6 Å². The van der Waals surface area contributed by atoms with Crippen LogP contribution in [0.5, 0.6) is 0 Å². The SMILES string of the molecule is Cc1ccc(C(=O)OC(C)C(=O)Nc2cccc(Cl)c2Cl)cc1NC(=O)c1ccco1. The molecule has 1 unspecified atom stereocenters. The van der Waals surface area contributed by atoms with Gasteiger partial charge in [0.05, 0.1) is 27.6 Å². The molecule has 0 radical (unpaired) electrons. The lowest BCUT2D eigenvalue weighted by atomic mass is 10.1. The molecule has 2 N–H and O–H groups in total. The average molecular weight is 461 g/mol. The second-order valence-electron chi connectivity index (χ2n) is 6.60. The van der Waals surface area contributed by atoms with Crippen LogP contribution in [0.3, 0.4) is 0 Å². The zero-order chi connectivity index (χ0) is 22.5. The summed E-state index contributed by atoms with van der Waals surface area (Å²) in [5, 5.41) is 5.72. The van der Waals surface area contributed by atoms with Crippen molar-refractivity contribution in [3.63, 3.8) is 0 Å². The van der Waals surface area contributed by atoms with Gasteiger partial charge in [-0.15, -0.1) is 0 Å². The van der Waals surface area contributed by atoms with E-state index in [4.69, 9.17) is 32.4 Å². The molecule has 0 fully saturated rings. The van der Waals surface area contributed by atoms with Crippen LogP contribution in [0.4, 0.5) is 11.4 Å². The minimum atomic E-state index is -1.11. The number of halogens is 2. The second-order valence-corrected chi connectivity index (χ2v) is 7.38. The fourth-order valence-electron chi connectivity index (χ4n) is 2.59. The maximum atomic E-state index is 12.5. The molecular weight excluding hydrogens is 443 g/mol. The summed E-state index contributed by atoms with van der Waals surface area (Å²) in [7, 11) is 0. The monoisotopic (exact) mass is 460 g/mol. The maximum Gasteiger partial charge on any atom is 0.338 e. The number of amides is 2. The Kier molecular flexibility index (Phi) is 6.99. The first-order chi connectivity index (χ1) is 14.8. The molecule has 7 nitrogen and oxygen atoms in total. The molecule has 0 aliphatic rings. The molecule has 0 saturated carbocycles. The van der Waals surface area contributed by atoms with E-state index in [0.717, 1.165) is 5.56 Å². The van der Waals surface area contributed by atoms with Crippen LogP contribution >= 0.6 is 23.2 Å². The van der Waals surface area contributed by atoms with Crippen LogP contribution in [0.2, 0.25) is 10.0 Å². The summed E-state index contributed by atoms with van der Waals surface area (Å²) >= 11 is 12.0. The van der Waals surface area contributed by atoms with Crippen molar-refractivity contribution in [2.24, 2.45) is 0 Å². The fraction of sp³-hybridized carbons (Fsp3) is 0.136. The summed E-state index contributed by atoms with van der Waals surface area (Å²) in [6.45, 7) is 3.21. The van der Waals surface area contributed by atoms with Crippen molar-refractivity contribution < 1.29 is 23.5 Å². The van der Waals surface area contributed by atoms with Crippen LogP contribution < -0.4 is 10.6 Å². The van der Waals surface area contributed by atoms with Crippen molar-refractivity contribution in [3.05, 3.63) is 81.7 Å². The molecule has 0 bridgehead atoms. The summed E-state index contributed by atoms with van der Waals surface area (Å²) in [6, 6.07) is 12.6. The van der Waals surface area contributed by atoms with E-state index in [1.165, 1.54) is 25.3 Å². The molecule has 1 atom stereocenters. The van der Waals surface area contributed by atoms with Gasteiger partial charge in [0.1, 0.15) is 0 Å². The highest BCUT2D eigenvalue weighted by Crippen LogP contribution is 2.29. The van der Waals surface area contributed by atoms with Crippen LogP contribution in [-0.2, 0) is 9.53 Å². The highest BCUT2D eigenvalue weighted by atomic mass is 35.5. The molecule has 160 valence electrons. The number of ether oxygens (including phenoxy) is 1. The third-order valence-electron chi connectivity index (χ3n) is 4.33. The van der Waals surface area contributed by atoms with Crippen LogP contribution in [-0.4, -0.2) is 23.9 Å². The van der Waals surface area contributed by atoms with E-state index in [2.05, 4.69) is 10.6 Å². The van der Waals surface area contributed by atoms with E-state index >= 15 is 0 Å². The van der Waals surface area contributed by atoms with Gasteiger partial charge in [-0.2, -0.15) is 0 Å². The Balaban J connectivity index is 1.67. The van der Waals surface area contributed by atoms with Gasteiger partial charge in [-0.05, 0) is 55.8 Å². The van der Waals surface area contributed by atoms with Crippen molar-refractivity contribution in [2.45, 2.75) is 20.0 Å². The second kappa shape index (κ2) is 9.68. The van der Waals surface area contributed by atoms with Gasteiger partial charge in [0.2, 0.25) is 0 Å². The standard InChI is InChI=1S/C22H18Cl2N2O5/c1-12-8-9-14(11-17(12)26-21(28)18-7-4-10-30-18)22(29)31-13(2)20(27)25-16-6-3-5-15(23)19(16)24/h3-11,13H,1-2H3,(H,25,27)(H,26,28). The van der Waals surface area contributed by atoms with Crippen molar-refractivity contribution in [3.8, 4) is 0 Å². The topological polar surface area (TPSA) is 97.6 Å². The number of nitrogens with one attached hydrogen (secondary N) is 2. The normalized spacial score (nSPS) is 11.5. The van der Waals surface area contributed by atoms with Gasteiger partial charge in [0.25, 0.3) is 11.8 Å². The largest absolute Gasteiger partial charge is 0.459 e. The molecule has 9 heteroatoms. The lowest BCUT2D eigenvalue weighted by Gasteiger charge is -2.15. The third kappa shape index (κ3) is 5.45. The van der Waals surface area contributed by atoms with Gasteiger partial charge in [0.15, 0.2) is 11.9 Å². The fourth-order valence-corrected chi connectivity index (χ4v) is 2.94. The number of hydrogen-bond acceptors (Lipinski definition) is 5. The van der Waals surface area contributed by atoms with E-state index < -0.39 is 23.9 Å². The van der Waals surface area contributed by atoms with Gasteiger partial charge in [-0.25, -0.2) is 4.79 Å². The van der Waals surface area contributed by atoms with E-state index in [1.807, 2.05) is 0 Å². The predicted molar refractivity (Wildman–Crippen MR) is 118 cm³/mol. The summed E-state index contributed by atoms with van der Waals surface area (Å²) in [4.78, 5) is 37.1. The maximum absolute atomic E-state index is 12.5. The molecular formula is C22H18Cl2N2O5. The van der Waals surface area contributed by atoms with Crippen molar-refractivity contribution in [1.82, 2.24) is 0 Å². The Morgan fingerprint density at radius 3 is 2.48 bits per heavy atom. The zero-order valence-electron chi connectivity index (χ0n) is 16.6. The third-order valence-corrected chi connectivity index (χ3v) is 5.15. The Morgan fingerprint density at radius 1 is 1.00 bits per heavy atom. The van der Waals surface area contributed by atoms with Gasteiger partial charge in [-0.3, -0.25) is 9.59 Å². The number of carbonyl (C=O) groups excluding carboxylic acids is 3. The highest BCUT2D eigenvalue weighted by molar-refractivity contribution is 6.44. The number of benzene rings is 2. The number of esters is 1. The lowest BCUT2D eigenvalue weighted by Crippen LogP contribution is -2.30. The van der Waals surface area contributed by atoms with Crippen LogP contribution in [0.15, 0.2) is 59.2 Å². The quantitative estimate of drug-likeness (QED) is 0.484. The molecule has 0 spiro atoms. The average Bonchev–Trinajstić information content (AvgIpc) is 3.28. The molecule has 2 amide bonds. The Morgan fingerprint density at radius 2 is 1.77 bits per heavy atom. The van der Waals surface area contributed by atoms with Crippen LogP contribution in [0.1, 0.15) is 33.4 Å². The minimum Gasteiger partial charge on any atom is -0.459 e. The summed E-state index contributed by atoms with van der Waals surface area (Å²) < 4.78 is 10.3. The first kappa shape index (κ1) is 22.4. The molecule has 31 heavy (non-hydrogen) atoms. The zero-order valence-corrected chi connectivity index (χ0v) is 18.1. The Bertz CT molecular complexity index is 1130. The summed E-state index contributed by atoms with van der Waals surface area (Å²) in [5.74, 6) is -1.62. The van der Waals surface area contributed by atoms with Crippen LogP contribution in [0.25, 0.3) is 0 Å². The van der Waals surface area contributed by atoms with Gasteiger partial charge in [0, 0.05) is 5.69 Å². The molecule has 0 saturated heterocycles. The summed E-state index contributed by atoms with van der Waals surface area (Å²) in [5.41, 5.74) is 1.62. The minimum absolute atomic E-state index is 0.136. The summed E-state index contributed by atoms with van der Waals surface area (Å²) in [6.07, 6.45) is 0.281. The molecule has 0 aliphatic heterocycles. The number of anilines is 2.